The summed E-state index contributed by atoms with van der Waals surface area (Å²) in [6.45, 7) is 6.38. The molecule has 0 saturated heterocycles. The molecule has 0 spiro atoms. The van der Waals surface area contributed by atoms with Gasteiger partial charge in [-0.25, -0.2) is 4.98 Å². The third-order valence-electron chi connectivity index (χ3n) is 6.73. The highest BCUT2D eigenvalue weighted by molar-refractivity contribution is 5.98. The minimum Gasteiger partial charge on any atom is -0.472 e. The molecule has 1 aliphatic rings. The molecule has 4 rings (SSSR count). The number of rotatable bonds is 6. The zero-order chi connectivity index (χ0) is 25.8. The largest absolute Gasteiger partial charge is 0.472 e. The van der Waals surface area contributed by atoms with E-state index in [1.165, 1.54) is 0 Å². The highest BCUT2D eigenvalue weighted by Gasteiger charge is 2.34. The molecule has 0 bridgehead atoms. The Morgan fingerprint density at radius 2 is 1.86 bits per heavy atom. The lowest BCUT2D eigenvalue weighted by molar-refractivity contribution is 0.0313. The van der Waals surface area contributed by atoms with Crippen molar-refractivity contribution >= 4 is 11.8 Å². The summed E-state index contributed by atoms with van der Waals surface area (Å²) < 4.78 is 6.33. The van der Waals surface area contributed by atoms with Crippen molar-refractivity contribution in [3.05, 3.63) is 83.6 Å². The minimum atomic E-state index is -0.402. The van der Waals surface area contributed by atoms with Crippen molar-refractivity contribution in [2.24, 2.45) is 5.92 Å². The molecular weight excluding hydrogens is 454 g/mol. The Kier molecular flexibility index (Phi) is 7.70. The van der Waals surface area contributed by atoms with Crippen molar-refractivity contribution in [2.75, 3.05) is 26.7 Å². The number of hydrogen-bond acceptors (Lipinski definition) is 5. The van der Waals surface area contributed by atoms with Crippen LogP contribution in [0.4, 0.5) is 0 Å². The van der Waals surface area contributed by atoms with E-state index in [-0.39, 0.29) is 36.3 Å². The predicted molar refractivity (Wildman–Crippen MR) is 139 cm³/mol. The van der Waals surface area contributed by atoms with Gasteiger partial charge in [-0.3, -0.25) is 9.59 Å². The fraction of sp³-hybridized carbons (Fsp3) is 0.345. The van der Waals surface area contributed by atoms with Crippen molar-refractivity contribution in [3.8, 4) is 17.0 Å². The monoisotopic (exact) mass is 487 g/mol. The van der Waals surface area contributed by atoms with Gasteiger partial charge in [-0.2, -0.15) is 0 Å². The Labute approximate surface area is 212 Å². The summed E-state index contributed by atoms with van der Waals surface area (Å²) in [7, 11) is 1.75. The fourth-order valence-electron chi connectivity index (χ4n) is 4.38. The molecule has 1 N–H and O–H groups in total. The van der Waals surface area contributed by atoms with Gasteiger partial charge < -0.3 is 19.6 Å². The number of benzene rings is 2. The number of fused-ring (bicyclic) bond motifs is 1. The fourth-order valence-corrected chi connectivity index (χ4v) is 4.38. The molecule has 188 valence electrons. The van der Waals surface area contributed by atoms with Crippen molar-refractivity contribution in [2.45, 2.75) is 32.9 Å². The van der Waals surface area contributed by atoms with Gasteiger partial charge in [-0.15, -0.1) is 0 Å². The number of carbonyl (C=O) groups excluding carboxylic acids is 2. The molecule has 2 aromatic carbocycles. The van der Waals surface area contributed by atoms with Crippen LogP contribution in [0.5, 0.6) is 5.88 Å². The quantitative estimate of drug-likeness (QED) is 0.567. The van der Waals surface area contributed by atoms with Crippen LogP contribution in [0, 0.1) is 12.8 Å². The molecule has 3 atom stereocenters. The van der Waals surface area contributed by atoms with Gasteiger partial charge in [0.2, 0.25) is 5.88 Å². The second-order valence-corrected chi connectivity index (χ2v) is 9.62. The van der Waals surface area contributed by atoms with E-state index in [1.807, 2.05) is 63.2 Å². The molecule has 36 heavy (non-hydrogen) atoms. The predicted octanol–water partition coefficient (Wildman–Crippen LogP) is 4.05. The van der Waals surface area contributed by atoms with E-state index in [4.69, 9.17) is 4.74 Å². The van der Waals surface area contributed by atoms with Crippen LogP contribution in [-0.2, 0) is 0 Å². The summed E-state index contributed by atoms with van der Waals surface area (Å²) in [5.41, 5.74) is 3.86. The van der Waals surface area contributed by atoms with E-state index in [0.717, 1.165) is 16.7 Å². The van der Waals surface area contributed by atoms with E-state index in [9.17, 15) is 14.7 Å². The second-order valence-electron chi connectivity index (χ2n) is 9.62. The van der Waals surface area contributed by atoms with Crippen LogP contribution in [0.1, 0.15) is 40.1 Å². The first-order chi connectivity index (χ1) is 17.3. The Balaban J connectivity index is 1.68. The van der Waals surface area contributed by atoms with E-state index >= 15 is 0 Å². The van der Waals surface area contributed by atoms with E-state index in [0.29, 0.717) is 24.2 Å². The van der Waals surface area contributed by atoms with Crippen LogP contribution in [0.3, 0.4) is 0 Å². The summed E-state index contributed by atoms with van der Waals surface area (Å²) >= 11 is 0. The summed E-state index contributed by atoms with van der Waals surface area (Å²) in [5, 5.41) is 9.88. The lowest BCUT2D eigenvalue weighted by atomic mass is 9.98. The average Bonchev–Trinajstić information content (AvgIpc) is 2.90. The zero-order valence-corrected chi connectivity index (χ0v) is 21.2. The van der Waals surface area contributed by atoms with Gasteiger partial charge in [0.15, 0.2) is 0 Å². The summed E-state index contributed by atoms with van der Waals surface area (Å²) in [6, 6.07) is 18.6. The van der Waals surface area contributed by atoms with E-state index in [1.54, 1.807) is 41.2 Å². The first-order valence-electron chi connectivity index (χ1n) is 12.2. The van der Waals surface area contributed by atoms with Crippen molar-refractivity contribution in [1.29, 1.82) is 0 Å². The van der Waals surface area contributed by atoms with Crippen molar-refractivity contribution in [1.82, 2.24) is 14.8 Å². The molecule has 0 aliphatic carbocycles. The minimum absolute atomic E-state index is 0.104. The Bertz CT molecular complexity index is 1210. The van der Waals surface area contributed by atoms with Gasteiger partial charge in [0, 0.05) is 36.8 Å². The molecule has 0 saturated carbocycles. The molecule has 1 aromatic heterocycles. The van der Waals surface area contributed by atoms with Crippen LogP contribution in [-0.4, -0.2) is 70.6 Å². The number of amides is 2. The zero-order valence-electron chi connectivity index (χ0n) is 21.2. The number of pyridine rings is 1. The molecule has 0 fully saturated rings. The van der Waals surface area contributed by atoms with Gasteiger partial charge in [0.25, 0.3) is 11.8 Å². The molecule has 0 radical (unpaired) electrons. The second kappa shape index (κ2) is 10.9. The number of ether oxygens (including phenoxy) is 1. The summed E-state index contributed by atoms with van der Waals surface area (Å²) in [5.74, 6) is -0.205. The number of hydrogen-bond donors (Lipinski definition) is 1. The van der Waals surface area contributed by atoms with Crippen molar-refractivity contribution in [3.63, 3.8) is 0 Å². The topological polar surface area (TPSA) is 83.0 Å². The molecule has 3 aromatic rings. The Morgan fingerprint density at radius 1 is 1.17 bits per heavy atom. The maximum absolute atomic E-state index is 13.6. The van der Waals surface area contributed by atoms with E-state index in [2.05, 4.69) is 4.98 Å². The molecule has 7 nitrogen and oxygen atoms in total. The lowest BCUT2D eigenvalue weighted by Gasteiger charge is -2.37. The SMILES string of the molecule is Cc1ccc(-c2cnc3c(c2)C(=O)N([C@H](C)CO)C[C@H](C)[C@@H](CN(C)C(=O)c2ccccc2)O3)cc1. The Hall–Kier alpha value is -3.71. The Morgan fingerprint density at radius 3 is 2.53 bits per heavy atom. The maximum atomic E-state index is 13.6. The van der Waals surface area contributed by atoms with Crippen LogP contribution in [0.25, 0.3) is 11.1 Å². The molecule has 2 amide bonds. The number of aryl methyl sites for hydroxylation is 1. The van der Waals surface area contributed by atoms with Crippen LogP contribution in [0.15, 0.2) is 66.9 Å². The van der Waals surface area contributed by atoms with Gasteiger partial charge in [0.1, 0.15) is 11.7 Å². The van der Waals surface area contributed by atoms with Crippen LogP contribution < -0.4 is 4.74 Å². The van der Waals surface area contributed by atoms with Gasteiger partial charge in [-0.05, 0) is 37.6 Å². The molecule has 7 heteroatoms. The molecule has 2 heterocycles. The number of aliphatic hydroxyl groups excluding tert-OH is 1. The van der Waals surface area contributed by atoms with Gasteiger partial charge in [-0.1, -0.05) is 55.0 Å². The molecule has 1 aliphatic heterocycles. The first kappa shape index (κ1) is 25.4. The summed E-state index contributed by atoms with van der Waals surface area (Å²) in [4.78, 5) is 34.5. The highest BCUT2D eigenvalue weighted by atomic mass is 16.5. The molecule has 0 unspecified atom stereocenters. The van der Waals surface area contributed by atoms with Gasteiger partial charge in [0.05, 0.1) is 19.2 Å². The van der Waals surface area contributed by atoms with Crippen LogP contribution >= 0.6 is 0 Å². The maximum Gasteiger partial charge on any atom is 0.259 e. The number of likely N-dealkylation sites (N-methyl/N-ethyl adjacent to an activating group) is 1. The van der Waals surface area contributed by atoms with Crippen molar-refractivity contribution < 1.29 is 19.4 Å². The number of carbonyl (C=O) groups is 2. The van der Waals surface area contributed by atoms with Gasteiger partial charge >= 0.3 is 0 Å². The third kappa shape index (κ3) is 5.41. The van der Waals surface area contributed by atoms with Crippen LogP contribution in [0.2, 0.25) is 0 Å². The number of aromatic nitrogens is 1. The number of aliphatic hydroxyl groups is 1. The first-order valence-corrected chi connectivity index (χ1v) is 12.2. The normalized spacial score (nSPS) is 18.5. The lowest BCUT2D eigenvalue weighted by Crippen LogP contribution is -2.50. The number of nitrogens with zero attached hydrogens (tertiary/aromatic N) is 3. The molecular formula is C29H33N3O4. The highest BCUT2D eigenvalue weighted by Crippen LogP contribution is 2.30. The third-order valence-corrected chi connectivity index (χ3v) is 6.73. The standard InChI is InChI=1S/C29H33N3O4/c1-19-10-12-22(13-11-19)24-14-25-27(30-15-24)36-26(20(2)16-32(29(25)35)21(3)18-33)17-31(4)28(34)23-8-6-5-7-9-23/h5-15,20-21,26,33H,16-18H2,1-4H3/t20-,21+,26+/m0/s1. The summed E-state index contributed by atoms with van der Waals surface area (Å²) in [6.07, 6.45) is 1.30. The smallest absolute Gasteiger partial charge is 0.259 e. The average molecular weight is 488 g/mol. The van der Waals surface area contributed by atoms with E-state index < -0.39 is 6.10 Å².